The first kappa shape index (κ1) is 20.1. The van der Waals surface area contributed by atoms with Crippen LogP contribution in [0.25, 0.3) is 21.8 Å². The van der Waals surface area contributed by atoms with Crippen LogP contribution in [0.4, 0.5) is 0 Å². The summed E-state index contributed by atoms with van der Waals surface area (Å²) in [4.78, 5) is 17.1. The van der Waals surface area contributed by atoms with Crippen LogP contribution in [0.1, 0.15) is 26.0 Å². The van der Waals surface area contributed by atoms with Crippen molar-refractivity contribution in [2.75, 3.05) is 27.4 Å². The van der Waals surface area contributed by atoms with Crippen LogP contribution >= 0.6 is 0 Å². The Hall–Kier alpha value is -2.60. The van der Waals surface area contributed by atoms with Crippen molar-refractivity contribution in [3.05, 3.63) is 36.2 Å². The average molecular weight is 383 g/mol. The van der Waals surface area contributed by atoms with Gasteiger partial charge in [0.2, 0.25) is 5.91 Å². The van der Waals surface area contributed by atoms with Gasteiger partial charge in [-0.15, -0.1) is 0 Å². The number of methoxy groups -OCH3 is 2. The molecule has 6 heteroatoms. The standard InChI is InChI=1S/C22H29N3O3/c1-15-20-18(8-10-23-15)17-7-6-16(28-5)14-19(17)25(20)12-9-22(2,3)21(26)24-11-13-27-4/h6-8,10,14H,9,11-13H2,1-5H3,(H,24,26). The van der Waals surface area contributed by atoms with E-state index in [2.05, 4.69) is 33.1 Å². The van der Waals surface area contributed by atoms with Gasteiger partial charge in [0, 0.05) is 48.6 Å². The predicted octanol–water partition coefficient (Wildman–Crippen LogP) is 3.69. The largest absolute Gasteiger partial charge is 0.497 e. The van der Waals surface area contributed by atoms with E-state index in [0.717, 1.165) is 22.5 Å². The topological polar surface area (TPSA) is 65.4 Å². The minimum absolute atomic E-state index is 0.0396. The molecule has 1 aromatic carbocycles. The fourth-order valence-corrected chi connectivity index (χ4v) is 3.57. The van der Waals surface area contributed by atoms with Gasteiger partial charge in [0.25, 0.3) is 0 Å². The summed E-state index contributed by atoms with van der Waals surface area (Å²) >= 11 is 0. The Morgan fingerprint density at radius 3 is 2.71 bits per heavy atom. The Bertz CT molecular complexity index is 992. The molecule has 0 saturated carbocycles. The second-order valence-corrected chi connectivity index (χ2v) is 7.71. The van der Waals surface area contributed by atoms with Crippen molar-refractivity contribution in [2.45, 2.75) is 33.7 Å². The SMILES string of the molecule is COCCNC(=O)C(C)(C)CCn1c2cc(OC)ccc2c2ccnc(C)c21. The molecule has 1 N–H and O–H groups in total. The fraction of sp³-hybridized carbons (Fsp3) is 0.455. The van der Waals surface area contributed by atoms with Gasteiger partial charge in [-0.3, -0.25) is 9.78 Å². The molecule has 0 radical (unpaired) electrons. The van der Waals surface area contributed by atoms with Gasteiger partial charge >= 0.3 is 0 Å². The number of carbonyl (C=O) groups excluding carboxylic acids is 1. The molecule has 2 heterocycles. The number of nitrogens with zero attached hydrogens (tertiary/aromatic N) is 2. The molecule has 1 amide bonds. The second kappa shape index (κ2) is 8.19. The zero-order valence-corrected chi connectivity index (χ0v) is 17.3. The van der Waals surface area contributed by atoms with Crippen LogP contribution in [0.5, 0.6) is 5.75 Å². The Kier molecular flexibility index (Phi) is 5.89. The van der Waals surface area contributed by atoms with Crippen LogP contribution in [-0.4, -0.2) is 42.8 Å². The molecule has 0 unspecified atom stereocenters. The maximum Gasteiger partial charge on any atom is 0.225 e. The summed E-state index contributed by atoms with van der Waals surface area (Å²) in [5.41, 5.74) is 2.70. The summed E-state index contributed by atoms with van der Waals surface area (Å²) in [7, 11) is 3.30. The van der Waals surface area contributed by atoms with E-state index in [1.807, 2.05) is 33.0 Å². The smallest absolute Gasteiger partial charge is 0.225 e. The molecule has 150 valence electrons. The highest BCUT2D eigenvalue weighted by atomic mass is 16.5. The number of aryl methyl sites for hydroxylation is 2. The zero-order chi connectivity index (χ0) is 20.3. The zero-order valence-electron chi connectivity index (χ0n) is 17.3. The number of carbonyl (C=O) groups is 1. The summed E-state index contributed by atoms with van der Waals surface area (Å²) in [5, 5.41) is 5.30. The molecule has 0 aliphatic heterocycles. The number of nitrogens with one attached hydrogen (secondary N) is 1. The van der Waals surface area contributed by atoms with Crippen LogP contribution in [0, 0.1) is 12.3 Å². The Morgan fingerprint density at radius 2 is 2.00 bits per heavy atom. The Labute approximate surface area is 165 Å². The van der Waals surface area contributed by atoms with E-state index >= 15 is 0 Å². The minimum Gasteiger partial charge on any atom is -0.497 e. The lowest BCUT2D eigenvalue weighted by Crippen LogP contribution is -2.39. The maximum absolute atomic E-state index is 12.6. The quantitative estimate of drug-likeness (QED) is 0.603. The van der Waals surface area contributed by atoms with Gasteiger partial charge in [-0.2, -0.15) is 0 Å². The van der Waals surface area contributed by atoms with Crippen molar-refractivity contribution in [2.24, 2.45) is 5.41 Å². The van der Waals surface area contributed by atoms with E-state index in [1.54, 1.807) is 14.2 Å². The molecule has 3 rings (SSSR count). The molecular formula is C22H29N3O3. The average Bonchev–Trinajstić information content (AvgIpc) is 3.00. The van der Waals surface area contributed by atoms with E-state index in [1.165, 1.54) is 10.8 Å². The van der Waals surface area contributed by atoms with E-state index < -0.39 is 5.41 Å². The summed E-state index contributed by atoms with van der Waals surface area (Å²) in [6, 6.07) is 8.18. The molecule has 0 saturated heterocycles. The van der Waals surface area contributed by atoms with E-state index in [0.29, 0.717) is 26.1 Å². The van der Waals surface area contributed by atoms with Gasteiger partial charge in [-0.05, 0) is 31.5 Å². The van der Waals surface area contributed by atoms with Gasteiger partial charge in [0.1, 0.15) is 5.75 Å². The first-order valence-corrected chi connectivity index (χ1v) is 9.58. The van der Waals surface area contributed by atoms with Gasteiger partial charge in [-0.25, -0.2) is 0 Å². The first-order chi connectivity index (χ1) is 13.4. The molecule has 0 fully saturated rings. The lowest BCUT2D eigenvalue weighted by Gasteiger charge is -2.24. The third-order valence-corrected chi connectivity index (χ3v) is 5.33. The first-order valence-electron chi connectivity index (χ1n) is 9.58. The maximum atomic E-state index is 12.6. The lowest BCUT2D eigenvalue weighted by molar-refractivity contribution is -0.130. The van der Waals surface area contributed by atoms with Gasteiger partial charge in [0.15, 0.2) is 0 Å². The van der Waals surface area contributed by atoms with Gasteiger partial charge < -0.3 is 19.4 Å². The number of ether oxygens (including phenoxy) is 2. The number of amides is 1. The Morgan fingerprint density at radius 1 is 1.21 bits per heavy atom. The summed E-state index contributed by atoms with van der Waals surface area (Å²) < 4.78 is 12.7. The second-order valence-electron chi connectivity index (χ2n) is 7.71. The molecule has 0 atom stereocenters. The van der Waals surface area contributed by atoms with Crippen molar-refractivity contribution >= 4 is 27.7 Å². The van der Waals surface area contributed by atoms with Crippen LogP contribution < -0.4 is 10.1 Å². The van der Waals surface area contributed by atoms with Crippen LogP contribution in [-0.2, 0) is 16.1 Å². The molecule has 0 aliphatic carbocycles. The van der Waals surface area contributed by atoms with Crippen molar-refractivity contribution in [3.8, 4) is 5.75 Å². The molecule has 0 aliphatic rings. The van der Waals surface area contributed by atoms with Crippen LogP contribution in [0.2, 0.25) is 0 Å². The highest BCUT2D eigenvalue weighted by Gasteiger charge is 2.27. The van der Waals surface area contributed by atoms with Crippen LogP contribution in [0.15, 0.2) is 30.5 Å². The van der Waals surface area contributed by atoms with Gasteiger partial charge in [0.05, 0.1) is 30.4 Å². The number of rotatable bonds is 8. The lowest BCUT2D eigenvalue weighted by atomic mass is 9.88. The monoisotopic (exact) mass is 383 g/mol. The summed E-state index contributed by atoms with van der Waals surface area (Å²) in [6.07, 6.45) is 2.55. The predicted molar refractivity (Wildman–Crippen MR) is 112 cm³/mol. The van der Waals surface area contributed by atoms with Crippen molar-refractivity contribution < 1.29 is 14.3 Å². The summed E-state index contributed by atoms with van der Waals surface area (Å²) in [5.74, 6) is 0.858. The normalized spacial score (nSPS) is 11.9. The van der Waals surface area contributed by atoms with Crippen molar-refractivity contribution in [1.82, 2.24) is 14.9 Å². The van der Waals surface area contributed by atoms with E-state index in [9.17, 15) is 4.79 Å². The number of benzene rings is 1. The van der Waals surface area contributed by atoms with E-state index in [-0.39, 0.29) is 5.91 Å². The number of aromatic nitrogens is 2. The molecule has 28 heavy (non-hydrogen) atoms. The van der Waals surface area contributed by atoms with Gasteiger partial charge in [-0.1, -0.05) is 13.8 Å². The minimum atomic E-state index is -0.494. The number of hydrogen-bond donors (Lipinski definition) is 1. The Balaban J connectivity index is 1.96. The fourth-order valence-electron chi connectivity index (χ4n) is 3.57. The molecule has 2 aromatic heterocycles. The molecule has 0 bridgehead atoms. The van der Waals surface area contributed by atoms with Crippen LogP contribution in [0.3, 0.4) is 0 Å². The molecule has 0 spiro atoms. The third-order valence-electron chi connectivity index (χ3n) is 5.33. The summed E-state index contributed by atoms with van der Waals surface area (Å²) in [6.45, 7) is 7.74. The van der Waals surface area contributed by atoms with Crippen molar-refractivity contribution in [3.63, 3.8) is 0 Å². The number of hydrogen-bond acceptors (Lipinski definition) is 4. The number of pyridine rings is 1. The third kappa shape index (κ3) is 3.83. The number of fused-ring (bicyclic) bond motifs is 3. The molecule has 3 aromatic rings. The molecule has 6 nitrogen and oxygen atoms in total. The van der Waals surface area contributed by atoms with E-state index in [4.69, 9.17) is 9.47 Å². The highest BCUT2D eigenvalue weighted by molar-refractivity contribution is 6.09. The van der Waals surface area contributed by atoms with Crippen molar-refractivity contribution in [1.29, 1.82) is 0 Å². The molecular weight excluding hydrogens is 354 g/mol. The highest BCUT2D eigenvalue weighted by Crippen LogP contribution is 2.34.